The molecule has 0 radical (unpaired) electrons. The SMILES string of the molecule is C=CC(C)(C)CC(C)=CCO. The molecular formula is C10H18O. The number of rotatable bonds is 4. The van der Waals surface area contributed by atoms with E-state index in [2.05, 4.69) is 20.4 Å². The van der Waals surface area contributed by atoms with Crippen LogP contribution in [0.3, 0.4) is 0 Å². The van der Waals surface area contributed by atoms with Crippen LogP contribution in [0.5, 0.6) is 0 Å². The average Bonchev–Trinajstić information content (AvgIpc) is 1.87. The highest BCUT2D eigenvalue weighted by molar-refractivity contribution is 5.05. The van der Waals surface area contributed by atoms with E-state index in [1.807, 2.05) is 19.1 Å². The summed E-state index contributed by atoms with van der Waals surface area (Å²) in [5.41, 5.74) is 1.37. The van der Waals surface area contributed by atoms with Crippen LogP contribution in [0.2, 0.25) is 0 Å². The molecule has 0 aromatic rings. The van der Waals surface area contributed by atoms with Crippen LogP contribution in [0, 0.1) is 5.41 Å². The van der Waals surface area contributed by atoms with Gasteiger partial charge in [0.15, 0.2) is 0 Å². The predicted molar refractivity (Wildman–Crippen MR) is 49.4 cm³/mol. The van der Waals surface area contributed by atoms with Crippen molar-refractivity contribution < 1.29 is 5.11 Å². The van der Waals surface area contributed by atoms with Gasteiger partial charge in [-0.1, -0.05) is 31.6 Å². The number of aliphatic hydroxyl groups is 1. The Balaban J connectivity index is 4.03. The molecule has 0 bridgehead atoms. The molecule has 64 valence electrons. The van der Waals surface area contributed by atoms with Gasteiger partial charge in [-0.3, -0.25) is 0 Å². The second-order valence-corrected chi connectivity index (χ2v) is 3.60. The van der Waals surface area contributed by atoms with Crippen molar-refractivity contribution in [2.24, 2.45) is 5.41 Å². The lowest BCUT2D eigenvalue weighted by Crippen LogP contribution is -2.07. The fraction of sp³-hybridized carbons (Fsp3) is 0.600. The van der Waals surface area contributed by atoms with Gasteiger partial charge in [-0.25, -0.2) is 0 Å². The van der Waals surface area contributed by atoms with Crippen molar-refractivity contribution in [1.29, 1.82) is 0 Å². The van der Waals surface area contributed by atoms with Gasteiger partial charge in [-0.05, 0) is 18.8 Å². The molecule has 0 heterocycles. The lowest BCUT2D eigenvalue weighted by Gasteiger charge is -2.19. The Kier molecular flexibility index (Phi) is 4.12. The third kappa shape index (κ3) is 4.79. The summed E-state index contributed by atoms with van der Waals surface area (Å²) in [6, 6.07) is 0. The third-order valence-electron chi connectivity index (χ3n) is 1.73. The van der Waals surface area contributed by atoms with E-state index in [1.165, 1.54) is 5.57 Å². The summed E-state index contributed by atoms with van der Waals surface area (Å²) >= 11 is 0. The van der Waals surface area contributed by atoms with Crippen molar-refractivity contribution in [3.05, 3.63) is 24.3 Å². The Bertz CT molecular complexity index is 154. The maximum Gasteiger partial charge on any atom is 0.0614 e. The first-order valence-electron chi connectivity index (χ1n) is 3.92. The third-order valence-corrected chi connectivity index (χ3v) is 1.73. The fourth-order valence-corrected chi connectivity index (χ4v) is 1.02. The number of hydrogen-bond acceptors (Lipinski definition) is 1. The van der Waals surface area contributed by atoms with Crippen molar-refractivity contribution in [3.8, 4) is 0 Å². The highest BCUT2D eigenvalue weighted by atomic mass is 16.2. The lowest BCUT2D eigenvalue weighted by atomic mass is 9.86. The fourth-order valence-electron chi connectivity index (χ4n) is 1.02. The van der Waals surface area contributed by atoms with Gasteiger partial charge in [0.2, 0.25) is 0 Å². The van der Waals surface area contributed by atoms with Gasteiger partial charge < -0.3 is 5.11 Å². The molecule has 0 rings (SSSR count). The predicted octanol–water partition coefficient (Wildman–Crippen LogP) is 2.53. The maximum atomic E-state index is 8.60. The van der Waals surface area contributed by atoms with Gasteiger partial charge in [0.1, 0.15) is 0 Å². The van der Waals surface area contributed by atoms with E-state index < -0.39 is 0 Å². The molecule has 0 amide bonds. The van der Waals surface area contributed by atoms with Crippen molar-refractivity contribution in [2.45, 2.75) is 27.2 Å². The Morgan fingerprint density at radius 3 is 2.45 bits per heavy atom. The summed E-state index contributed by atoms with van der Waals surface area (Å²) in [6.45, 7) is 10.2. The van der Waals surface area contributed by atoms with E-state index in [4.69, 9.17) is 5.11 Å². The van der Waals surface area contributed by atoms with Crippen LogP contribution in [0.1, 0.15) is 27.2 Å². The zero-order chi connectivity index (χ0) is 8.91. The second-order valence-electron chi connectivity index (χ2n) is 3.60. The summed E-state index contributed by atoms with van der Waals surface area (Å²) < 4.78 is 0. The molecule has 1 nitrogen and oxygen atoms in total. The average molecular weight is 154 g/mol. The zero-order valence-corrected chi connectivity index (χ0v) is 7.72. The van der Waals surface area contributed by atoms with Gasteiger partial charge >= 0.3 is 0 Å². The summed E-state index contributed by atoms with van der Waals surface area (Å²) in [5, 5.41) is 8.60. The Labute approximate surface area is 69.4 Å². The molecule has 0 aromatic heterocycles. The molecule has 0 aliphatic carbocycles. The number of hydrogen-bond donors (Lipinski definition) is 1. The van der Waals surface area contributed by atoms with Crippen LogP contribution < -0.4 is 0 Å². The van der Waals surface area contributed by atoms with E-state index in [9.17, 15) is 0 Å². The van der Waals surface area contributed by atoms with Gasteiger partial charge in [0.05, 0.1) is 6.61 Å². The minimum atomic E-state index is 0.138. The molecule has 0 aromatic carbocycles. The van der Waals surface area contributed by atoms with Crippen LogP contribution in [0.4, 0.5) is 0 Å². The summed E-state index contributed by atoms with van der Waals surface area (Å²) in [6.07, 6.45) is 4.75. The Morgan fingerprint density at radius 1 is 1.55 bits per heavy atom. The smallest absolute Gasteiger partial charge is 0.0614 e. The van der Waals surface area contributed by atoms with Crippen molar-refractivity contribution in [3.63, 3.8) is 0 Å². The van der Waals surface area contributed by atoms with Crippen molar-refractivity contribution in [2.75, 3.05) is 6.61 Å². The molecule has 1 heteroatoms. The van der Waals surface area contributed by atoms with Gasteiger partial charge in [0, 0.05) is 0 Å². The molecule has 11 heavy (non-hydrogen) atoms. The van der Waals surface area contributed by atoms with Crippen LogP contribution in [-0.4, -0.2) is 11.7 Å². The van der Waals surface area contributed by atoms with Gasteiger partial charge in [-0.2, -0.15) is 0 Å². The molecule has 0 aliphatic rings. The van der Waals surface area contributed by atoms with Crippen molar-refractivity contribution in [1.82, 2.24) is 0 Å². The highest BCUT2D eigenvalue weighted by Crippen LogP contribution is 2.25. The Morgan fingerprint density at radius 2 is 2.09 bits per heavy atom. The van der Waals surface area contributed by atoms with Crippen LogP contribution in [0.25, 0.3) is 0 Å². The topological polar surface area (TPSA) is 20.2 Å². The lowest BCUT2D eigenvalue weighted by molar-refractivity contribution is 0.340. The van der Waals surface area contributed by atoms with Crippen LogP contribution in [-0.2, 0) is 0 Å². The molecule has 0 unspecified atom stereocenters. The molecule has 0 spiro atoms. The minimum Gasteiger partial charge on any atom is -0.392 e. The Hall–Kier alpha value is -0.560. The standard InChI is InChI=1S/C10H18O/c1-5-10(3,4)8-9(2)6-7-11/h5-6,11H,1,7-8H2,2-4H3. The van der Waals surface area contributed by atoms with Crippen LogP contribution in [0.15, 0.2) is 24.3 Å². The quantitative estimate of drug-likeness (QED) is 0.617. The zero-order valence-electron chi connectivity index (χ0n) is 7.72. The maximum absolute atomic E-state index is 8.60. The van der Waals surface area contributed by atoms with E-state index in [0.29, 0.717) is 0 Å². The molecule has 0 saturated carbocycles. The highest BCUT2D eigenvalue weighted by Gasteiger charge is 2.12. The van der Waals surface area contributed by atoms with E-state index in [1.54, 1.807) is 0 Å². The van der Waals surface area contributed by atoms with E-state index >= 15 is 0 Å². The molecule has 0 aliphatic heterocycles. The first kappa shape index (κ1) is 10.4. The van der Waals surface area contributed by atoms with Crippen molar-refractivity contribution >= 4 is 0 Å². The number of allylic oxidation sites excluding steroid dienone is 2. The first-order chi connectivity index (χ1) is 5.02. The normalized spacial score (nSPS) is 13.3. The molecule has 0 fully saturated rings. The van der Waals surface area contributed by atoms with E-state index in [-0.39, 0.29) is 12.0 Å². The molecular weight excluding hydrogens is 136 g/mol. The molecule has 0 saturated heterocycles. The minimum absolute atomic E-state index is 0.138. The summed E-state index contributed by atoms with van der Waals surface area (Å²) in [5.74, 6) is 0. The largest absolute Gasteiger partial charge is 0.392 e. The first-order valence-corrected chi connectivity index (χ1v) is 3.92. The molecule has 0 atom stereocenters. The molecule has 1 N–H and O–H groups in total. The monoisotopic (exact) mass is 154 g/mol. The van der Waals surface area contributed by atoms with E-state index in [0.717, 1.165) is 6.42 Å². The van der Waals surface area contributed by atoms with Gasteiger partial charge in [0.25, 0.3) is 0 Å². The summed E-state index contributed by atoms with van der Waals surface area (Å²) in [7, 11) is 0. The van der Waals surface area contributed by atoms with Crippen LogP contribution >= 0.6 is 0 Å². The second kappa shape index (κ2) is 4.35. The summed E-state index contributed by atoms with van der Waals surface area (Å²) in [4.78, 5) is 0. The number of aliphatic hydroxyl groups excluding tert-OH is 1. The van der Waals surface area contributed by atoms with Gasteiger partial charge in [-0.15, -0.1) is 6.58 Å².